The first-order chi connectivity index (χ1) is 19.9. The molecule has 1 heterocycles. The summed E-state index contributed by atoms with van der Waals surface area (Å²) >= 11 is 0. The van der Waals surface area contributed by atoms with Gasteiger partial charge in [-0.15, -0.1) is 0 Å². The Kier molecular flexibility index (Phi) is 8.77. The van der Waals surface area contributed by atoms with Crippen molar-refractivity contribution in [3.8, 4) is 45.6 Å². The molecular weight excluding hydrogens is 526 g/mol. The number of ether oxygens (including phenoxy) is 5. The van der Waals surface area contributed by atoms with Gasteiger partial charge in [-0.05, 0) is 72.3 Å². The number of hydrogen-bond donors (Lipinski definition) is 4. The highest BCUT2D eigenvalue weighted by atomic mass is 16.5. The molecule has 3 aromatic rings. The van der Waals surface area contributed by atoms with E-state index in [0.29, 0.717) is 30.8 Å². The summed E-state index contributed by atoms with van der Waals surface area (Å²) in [6.07, 6.45) is 1.68. The zero-order valence-corrected chi connectivity index (χ0v) is 24.0. The van der Waals surface area contributed by atoms with Gasteiger partial charge in [-0.3, -0.25) is 5.32 Å². The van der Waals surface area contributed by atoms with E-state index < -0.39 is 12.0 Å². The van der Waals surface area contributed by atoms with Crippen molar-refractivity contribution < 1.29 is 39.0 Å². The standard InChI is InChI=1S/C32H39NO8/c1-5-33-29(7-6-12-34)41-19-15-23-20-10-11-25-30(22(20)9-8-21(23)26(16-19)37-2)31(35)24(17-40-25)18-13-27(38-3)32(36)28(14-18)39-4/h10-11,13-16,24,29,31,33-36H,5-9,12,17H2,1-4H3/t24-,29-,31-/m0/s1. The van der Waals surface area contributed by atoms with E-state index in [-0.39, 0.29) is 36.7 Å². The molecule has 0 saturated heterocycles. The molecule has 0 fully saturated rings. The van der Waals surface area contributed by atoms with E-state index in [9.17, 15) is 15.3 Å². The molecule has 0 aromatic heterocycles. The lowest BCUT2D eigenvalue weighted by atomic mass is 9.77. The second-order valence-corrected chi connectivity index (χ2v) is 10.3. The Morgan fingerprint density at radius 2 is 1.66 bits per heavy atom. The van der Waals surface area contributed by atoms with Gasteiger partial charge in [-0.25, -0.2) is 0 Å². The van der Waals surface area contributed by atoms with Crippen LogP contribution in [0.4, 0.5) is 0 Å². The van der Waals surface area contributed by atoms with Crippen LogP contribution in [0.25, 0.3) is 11.1 Å². The van der Waals surface area contributed by atoms with Gasteiger partial charge in [0.05, 0.1) is 34.0 Å². The number of aromatic hydroxyl groups is 1. The molecule has 0 saturated carbocycles. The van der Waals surface area contributed by atoms with E-state index in [4.69, 9.17) is 23.7 Å². The molecule has 9 nitrogen and oxygen atoms in total. The Hall–Kier alpha value is -3.66. The normalized spacial score (nSPS) is 17.9. The Morgan fingerprint density at radius 1 is 0.951 bits per heavy atom. The highest BCUT2D eigenvalue weighted by Gasteiger charge is 2.36. The second kappa shape index (κ2) is 12.5. The Balaban J connectivity index is 1.54. The highest BCUT2D eigenvalue weighted by Crippen LogP contribution is 2.50. The fourth-order valence-corrected chi connectivity index (χ4v) is 5.98. The number of rotatable bonds is 11. The minimum atomic E-state index is -0.841. The largest absolute Gasteiger partial charge is 0.502 e. The van der Waals surface area contributed by atoms with E-state index in [1.54, 1.807) is 19.2 Å². The summed E-state index contributed by atoms with van der Waals surface area (Å²) in [5.41, 5.74) is 5.66. The molecule has 5 rings (SSSR count). The van der Waals surface area contributed by atoms with E-state index in [2.05, 4.69) is 5.32 Å². The molecule has 0 bridgehead atoms. The molecule has 4 N–H and O–H groups in total. The zero-order valence-electron chi connectivity index (χ0n) is 24.0. The van der Waals surface area contributed by atoms with E-state index in [0.717, 1.165) is 52.1 Å². The number of hydrogen-bond acceptors (Lipinski definition) is 9. The van der Waals surface area contributed by atoms with Crippen LogP contribution in [0.15, 0.2) is 36.4 Å². The fraction of sp³-hybridized carbons (Fsp3) is 0.438. The number of aliphatic hydroxyl groups is 2. The van der Waals surface area contributed by atoms with Crippen molar-refractivity contribution in [2.75, 3.05) is 41.1 Å². The van der Waals surface area contributed by atoms with Crippen LogP contribution >= 0.6 is 0 Å². The van der Waals surface area contributed by atoms with E-state index >= 15 is 0 Å². The van der Waals surface area contributed by atoms with Crippen molar-refractivity contribution in [1.29, 1.82) is 0 Å². The number of phenolic OH excluding ortho intramolecular Hbond substituents is 1. The molecule has 2 aliphatic rings. The summed E-state index contributed by atoms with van der Waals surface area (Å²) in [6, 6.07) is 11.4. The van der Waals surface area contributed by atoms with Crippen molar-refractivity contribution in [3.05, 3.63) is 58.7 Å². The van der Waals surface area contributed by atoms with Crippen LogP contribution in [0.5, 0.6) is 34.5 Å². The third-order valence-electron chi connectivity index (χ3n) is 7.99. The minimum Gasteiger partial charge on any atom is -0.502 e. The molecule has 1 aliphatic carbocycles. The SMILES string of the molecule is CCN[C@H](CCCO)Oc1cc(OC)c2c(c1)-c1ccc3c(c1CC2)[C@@H](O)[C@H](c1cc(OC)c(O)c(OC)c1)CO3. The minimum absolute atomic E-state index is 0.0842. The molecule has 3 atom stereocenters. The van der Waals surface area contributed by atoms with Gasteiger partial charge >= 0.3 is 0 Å². The zero-order chi connectivity index (χ0) is 29.1. The van der Waals surface area contributed by atoms with Gasteiger partial charge in [0, 0.05) is 36.1 Å². The van der Waals surface area contributed by atoms with E-state index in [1.807, 2.05) is 31.2 Å². The number of fused-ring (bicyclic) bond motifs is 5. The average molecular weight is 566 g/mol. The highest BCUT2D eigenvalue weighted by molar-refractivity contribution is 5.79. The predicted molar refractivity (Wildman–Crippen MR) is 155 cm³/mol. The predicted octanol–water partition coefficient (Wildman–Crippen LogP) is 4.48. The molecule has 0 amide bonds. The summed E-state index contributed by atoms with van der Waals surface area (Å²) in [5.74, 6) is 2.18. The summed E-state index contributed by atoms with van der Waals surface area (Å²) in [7, 11) is 4.63. The van der Waals surface area contributed by atoms with Crippen LogP contribution in [-0.4, -0.2) is 62.6 Å². The Morgan fingerprint density at radius 3 is 2.32 bits per heavy atom. The maximum absolute atomic E-state index is 11.8. The molecule has 0 unspecified atom stereocenters. The maximum Gasteiger partial charge on any atom is 0.200 e. The van der Waals surface area contributed by atoms with Crippen molar-refractivity contribution in [3.63, 3.8) is 0 Å². The monoisotopic (exact) mass is 565 g/mol. The first kappa shape index (κ1) is 28.9. The van der Waals surface area contributed by atoms with Crippen molar-refractivity contribution in [2.45, 2.75) is 50.9 Å². The van der Waals surface area contributed by atoms with Crippen LogP contribution in [0, 0.1) is 0 Å². The summed E-state index contributed by atoms with van der Waals surface area (Å²) in [4.78, 5) is 0. The first-order valence-corrected chi connectivity index (χ1v) is 14.1. The van der Waals surface area contributed by atoms with Gasteiger partial charge in [0.2, 0.25) is 5.75 Å². The van der Waals surface area contributed by atoms with Gasteiger partial charge < -0.3 is 39.0 Å². The van der Waals surface area contributed by atoms with Crippen LogP contribution in [0.3, 0.4) is 0 Å². The van der Waals surface area contributed by atoms with Crippen molar-refractivity contribution >= 4 is 0 Å². The Labute approximate surface area is 240 Å². The molecule has 0 radical (unpaired) electrons. The number of nitrogens with one attached hydrogen (secondary N) is 1. The van der Waals surface area contributed by atoms with Crippen LogP contribution in [0.2, 0.25) is 0 Å². The number of aliphatic hydroxyl groups excluding tert-OH is 2. The van der Waals surface area contributed by atoms with E-state index in [1.165, 1.54) is 14.2 Å². The van der Waals surface area contributed by atoms with Gasteiger partial charge in [-0.2, -0.15) is 0 Å². The molecule has 1 aliphatic heterocycles. The molecule has 220 valence electrons. The lowest BCUT2D eigenvalue weighted by molar-refractivity contribution is 0.0877. The topological polar surface area (TPSA) is 119 Å². The molecular formula is C32H39NO8. The summed E-state index contributed by atoms with van der Waals surface area (Å²) < 4.78 is 29.0. The number of benzene rings is 3. The van der Waals surface area contributed by atoms with Crippen LogP contribution < -0.4 is 29.0 Å². The number of phenols is 1. The van der Waals surface area contributed by atoms with Crippen LogP contribution in [-0.2, 0) is 12.8 Å². The molecule has 3 aromatic carbocycles. The van der Waals surface area contributed by atoms with Crippen LogP contribution in [0.1, 0.15) is 54.0 Å². The lowest BCUT2D eigenvalue weighted by Gasteiger charge is -2.35. The lowest BCUT2D eigenvalue weighted by Crippen LogP contribution is -2.34. The quantitative estimate of drug-likeness (QED) is 0.250. The first-order valence-electron chi connectivity index (χ1n) is 14.1. The molecule has 0 spiro atoms. The van der Waals surface area contributed by atoms with Gasteiger partial charge in [0.1, 0.15) is 23.5 Å². The summed E-state index contributed by atoms with van der Waals surface area (Å²) in [6.45, 7) is 3.14. The molecule has 41 heavy (non-hydrogen) atoms. The smallest absolute Gasteiger partial charge is 0.200 e. The third-order valence-corrected chi connectivity index (χ3v) is 7.99. The van der Waals surface area contributed by atoms with Crippen molar-refractivity contribution in [1.82, 2.24) is 5.32 Å². The second-order valence-electron chi connectivity index (χ2n) is 10.3. The maximum atomic E-state index is 11.8. The van der Waals surface area contributed by atoms with Gasteiger partial charge in [0.25, 0.3) is 0 Å². The fourth-order valence-electron chi connectivity index (χ4n) is 5.98. The third kappa shape index (κ3) is 5.49. The van der Waals surface area contributed by atoms with Crippen molar-refractivity contribution in [2.24, 2.45) is 0 Å². The van der Waals surface area contributed by atoms with Gasteiger partial charge in [0.15, 0.2) is 11.5 Å². The number of methoxy groups -OCH3 is 3. The average Bonchev–Trinajstić information content (AvgIpc) is 2.99. The Bertz CT molecular complexity index is 1370. The summed E-state index contributed by atoms with van der Waals surface area (Å²) in [5, 5.41) is 34.8. The molecule has 9 heteroatoms. The van der Waals surface area contributed by atoms with Gasteiger partial charge in [-0.1, -0.05) is 13.0 Å².